The van der Waals surface area contributed by atoms with E-state index in [-0.39, 0.29) is 4.90 Å². The maximum atomic E-state index is 12.8. The first-order valence-electron chi connectivity index (χ1n) is 5.83. The van der Waals surface area contributed by atoms with E-state index in [2.05, 4.69) is 20.7 Å². The first-order chi connectivity index (χ1) is 8.47. The molecule has 0 bridgehead atoms. The Morgan fingerprint density at radius 1 is 1.22 bits per heavy atom. The number of benzene rings is 1. The Hall–Kier alpha value is -0.460. The molecule has 1 aromatic carbocycles. The third-order valence-corrected chi connectivity index (χ3v) is 5.96. The molecule has 6 heteroatoms. The molecule has 0 saturated heterocycles. The van der Waals surface area contributed by atoms with Gasteiger partial charge >= 0.3 is 0 Å². The van der Waals surface area contributed by atoms with Crippen LogP contribution in [0.4, 0.5) is 4.39 Å². The second-order valence-corrected chi connectivity index (χ2v) is 6.92. The van der Waals surface area contributed by atoms with E-state index in [0.717, 1.165) is 37.8 Å². The molecule has 0 heterocycles. The number of sulfonamides is 1. The van der Waals surface area contributed by atoms with E-state index in [1.165, 1.54) is 12.1 Å². The highest BCUT2D eigenvalue weighted by atomic mass is 79.9. The summed E-state index contributed by atoms with van der Waals surface area (Å²) < 4.78 is 40.0. The van der Waals surface area contributed by atoms with E-state index in [1.807, 2.05) is 0 Å². The highest BCUT2D eigenvalue weighted by Gasteiger charge is 2.36. The van der Waals surface area contributed by atoms with Gasteiger partial charge in [-0.15, -0.1) is 0 Å². The molecule has 1 N–H and O–H groups in total. The smallest absolute Gasteiger partial charge is 0.207 e. The van der Waals surface area contributed by atoms with Gasteiger partial charge < -0.3 is 0 Å². The Kier molecular flexibility index (Phi) is 4.08. The minimum Gasteiger partial charge on any atom is -0.207 e. The summed E-state index contributed by atoms with van der Waals surface area (Å²) in [6.45, 7) is 0. The van der Waals surface area contributed by atoms with Gasteiger partial charge in [-0.2, -0.15) is 0 Å². The van der Waals surface area contributed by atoms with E-state index in [4.69, 9.17) is 0 Å². The average Bonchev–Trinajstić information content (AvgIpc) is 2.78. The molecule has 0 aromatic heterocycles. The number of hydrogen-bond donors (Lipinski definition) is 1. The van der Waals surface area contributed by atoms with Gasteiger partial charge in [0.15, 0.2) is 0 Å². The molecule has 0 radical (unpaired) electrons. The third-order valence-electron chi connectivity index (χ3n) is 3.29. The quantitative estimate of drug-likeness (QED) is 0.860. The Morgan fingerprint density at radius 3 is 2.28 bits per heavy atom. The first kappa shape index (κ1) is 14.0. The number of rotatable bonds is 4. The third kappa shape index (κ3) is 2.92. The molecule has 0 unspecified atom stereocenters. The van der Waals surface area contributed by atoms with Crippen molar-refractivity contribution in [2.75, 3.05) is 5.33 Å². The highest BCUT2D eigenvalue weighted by Crippen LogP contribution is 2.32. The van der Waals surface area contributed by atoms with Crippen molar-refractivity contribution in [1.82, 2.24) is 4.72 Å². The number of nitrogens with one attached hydrogen (secondary N) is 1. The van der Waals surface area contributed by atoms with Gasteiger partial charge in [0.2, 0.25) is 10.0 Å². The SMILES string of the molecule is O=S(=O)(NC1(CBr)CCCC1)c1ccc(F)cc1. The van der Waals surface area contributed by atoms with Crippen LogP contribution in [0.5, 0.6) is 0 Å². The summed E-state index contributed by atoms with van der Waals surface area (Å²) in [4.78, 5) is 0.108. The maximum Gasteiger partial charge on any atom is 0.241 e. The Bertz CT molecular complexity index is 509. The largest absolute Gasteiger partial charge is 0.241 e. The molecular weight excluding hydrogens is 321 g/mol. The van der Waals surface area contributed by atoms with Crippen LogP contribution in [0.1, 0.15) is 25.7 Å². The fraction of sp³-hybridized carbons (Fsp3) is 0.500. The zero-order valence-corrected chi connectivity index (χ0v) is 12.2. The van der Waals surface area contributed by atoms with Gasteiger partial charge in [0.25, 0.3) is 0 Å². The lowest BCUT2D eigenvalue weighted by atomic mass is 10.0. The standard InChI is InChI=1S/C12H15BrFNO2S/c13-9-12(7-1-2-8-12)15-18(16,17)11-5-3-10(14)4-6-11/h3-6,15H,1-2,7-9H2. The van der Waals surface area contributed by atoms with Crippen molar-refractivity contribution in [2.45, 2.75) is 36.1 Å². The molecule has 100 valence electrons. The topological polar surface area (TPSA) is 46.2 Å². The van der Waals surface area contributed by atoms with Crippen LogP contribution in [0.2, 0.25) is 0 Å². The van der Waals surface area contributed by atoms with E-state index in [9.17, 15) is 12.8 Å². The molecule has 3 nitrogen and oxygen atoms in total. The molecule has 0 amide bonds. The van der Waals surface area contributed by atoms with Crippen molar-refractivity contribution in [3.63, 3.8) is 0 Å². The van der Waals surface area contributed by atoms with Gasteiger partial charge in [0.05, 0.1) is 4.90 Å². The number of halogens is 2. The van der Waals surface area contributed by atoms with E-state index >= 15 is 0 Å². The van der Waals surface area contributed by atoms with Crippen molar-refractivity contribution in [2.24, 2.45) is 0 Å². The molecule has 0 spiro atoms. The predicted molar refractivity (Wildman–Crippen MR) is 71.7 cm³/mol. The zero-order valence-electron chi connectivity index (χ0n) is 9.83. The van der Waals surface area contributed by atoms with Crippen LogP contribution in [0.25, 0.3) is 0 Å². The fourth-order valence-electron chi connectivity index (χ4n) is 2.27. The van der Waals surface area contributed by atoms with Crippen molar-refractivity contribution in [3.05, 3.63) is 30.1 Å². The van der Waals surface area contributed by atoms with E-state index < -0.39 is 21.4 Å². The molecule has 1 fully saturated rings. The predicted octanol–water partition coefficient (Wildman–Crippen LogP) is 2.81. The van der Waals surface area contributed by atoms with Gasteiger partial charge in [0, 0.05) is 10.9 Å². The van der Waals surface area contributed by atoms with Gasteiger partial charge in [-0.25, -0.2) is 17.5 Å². The average molecular weight is 336 g/mol. The molecule has 1 aliphatic carbocycles. The summed E-state index contributed by atoms with van der Waals surface area (Å²) in [5.41, 5.74) is -0.396. The summed E-state index contributed by atoms with van der Waals surface area (Å²) in [6, 6.07) is 4.89. The number of hydrogen-bond acceptors (Lipinski definition) is 2. The number of alkyl halides is 1. The lowest BCUT2D eigenvalue weighted by Gasteiger charge is -2.27. The molecule has 18 heavy (non-hydrogen) atoms. The summed E-state index contributed by atoms with van der Waals surface area (Å²) in [5.74, 6) is -0.440. The minimum absolute atomic E-state index is 0.108. The minimum atomic E-state index is -3.58. The van der Waals surface area contributed by atoms with Gasteiger partial charge in [-0.1, -0.05) is 28.8 Å². The Morgan fingerprint density at radius 2 is 1.78 bits per heavy atom. The molecule has 0 aliphatic heterocycles. The summed E-state index contributed by atoms with van der Waals surface area (Å²) in [5, 5.41) is 0.598. The fourth-order valence-corrected chi connectivity index (χ4v) is 4.62. The van der Waals surface area contributed by atoms with Crippen molar-refractivity contribution in [3.8, 4) is 0 Å². The van der Waals surface area contributed by atoms with E-state index in [1.54, 1.807) is 0 Å². The summed E-state index contributed by atoms with van der Waals surface area (Å²) in [6.07, 6.45) is 3.71. The second kappa shape index (κ2) is 5.27. The van der Waals surface area contributed by atoms with Crippen molar-refractivity contribution in [1.29, 1.82) is 0 Å². The zero-order chi connectivity index (χ0) is 13.2. The van der Waals surface area contributed by atoms with Crippen LogP contribution in [-0.2, 0) is 10.0 Å². The van der Waals surface area contributed by atoms with Crippen LogP contribution in [-0.4, -0.2) is 19.3 Å². The normalized spacial score (nSPS) is 19.0. The molecule has 2 rings (SSSR count). The molecule has 1 aliphatic rings. The van der Waals surface area contributed by atoms with Crippen molar-refractivity contribution >= 4 is 26.0 Å². The van der Waals surface area contributed by atoms with Crippen LogP contribution in [0.3, 0.4) is 0 Å². The van der Waals surface area contributed by atoms with Gasteiger partial charge in [-0.3, -0.25) is 0 Å². The lowest BCUT2D eigenvalue weighted by Crippen LogP contribution is -2.47. The van der Waals surface area contributed by atoms with Gasteiger partial charge in [-0.05, 0) is 37.1 Å². The Balaban J connectivity index is 2.24. The molecule has 0 atom stereocenters. The monoisotopic (exact) mass is 335 g/mol. The van der Waals surface area contributed by atoms with Crippen LogP contribution in [0, 0.1) is 5.82 Å². The second-order valence-electron chi connectivity index (χ2n) is 4.68. The summed E-state index contributed by atoms with van der Waals surface area (Å²) >= 11 is 3.38. The molecule has 1 aromatic rings. The highest BCUT2D eigenvalue weighted by molar-refractivity contribution is 9.09. The maximum absolute atomic E-state index is 12.8. The van der Waals surface area contributed by atoms with E-state index in [0.29, 0.717) is 5.33 Å². The van der Waals surface area contributed by atoms with Gasteiger partial charge in [0.1, 0.15) is 5.82 Å². The Labute approximate surface area is 115 Å². The summed E-state index contributed by atoms with van der Waals surface area (Å²) in [7, 11) is -3.58. The molecular formula is C12H15BrFNO2S. The lowest BCUT2D eigenvalue weighted by molar-refractivity contribution is 0.438. The van der Waals surface area contributed by atoms with Crippen LogP contribution in [0.15, 0.2) is 29.2 Å². The first-order valence-corrected chi connectivity index (χ1v) is 8.43. The van der Waals surface area contributed by atoms with Crippen LogP contribution < -0.4 is 4.72 Å². The van der Waals surface area contributed by atoms with Crippen molar-refractivity contribution < 1.29 is 12.8 Å². The molecule has 1 saturated carbocycles. The van der Waals surface area contributed by atoms with Crippen LogP contribution >= 0.6 is 15.9 Å².